The summed E-state index contributed by atoms with van der Waals surface area (Å²) in [4.78, 5) is 38.0. The SMILES string of the molecule is C[C@@H](NC(=O)C(=O)N1C[C@H]2COc3c(cn(C)c3C(=O)Nc3ccc(F)c(F)c3)S(=O)(=O)N[C@H]2C1)C(F)(F)F. The molecule has 0 spiro atoms. The minimum Gasteiger partial charge on any atom is -0.489 e. The summed E-state index contributed by atoms with van der Waals surface area (Å²) in [6.07, 6.45) is -3.67. The number of alkyl halides is 3. The molecule has 11 nitrogen and oxygen atoms in total. The van der Waals surface area contributed by atoms with E-state index in [1.54, 1.807) is 5.32 Å². The fraction of sp³-hybridized carbons (Fsp3) is 0.409. The van der Waals surface area contributed by atoms with Gasteiger partial charge < -0.3 is 24.8 Å². The molecule has 0 unspecified atom stereocenters. The zero-order chi connectivity index (χ0) is 28.9. The second-order valence-corrected chi connectivity index (χ2v) is 10.8. The number of benzene rings is 1. The monoisotopic (exact) mass is 579 g/mol. The second-order valence-electron chi connectivity index (χ2n) is 9.11. The highest BCUT2D eigenvalue weighted by Gasteiger charge is 2.44. The molecular weight excluding hydrogens is 557 g/mol. The summed E-state index contributed by atoms with van der Waals surface area (Å²) in [6, 6.07) is -0.595. The van der Waals surface area contributed by atoms with Gasteiger partial charge in [0.05, 0.1) is 6.61 Å². The number of amides is 3. The van der Waals surface area contributed by atoms with Crippen LogP contribution in [0.5, 0.6) is 5.75 Å². The van der Waals surface area contributed by atoms with Crippen molar-refractivity contribution in [2.75, 3.05) is 25.0 Å². The van der Waals surface area contributed by atoms with E-state index in [1.807, 2.05) is 0 Å². The molecule has 0 saturated carbocycles. The average molecular weight is 580 g/mol. The molecule has 3 atom stereocenters. The van der Waals surface area contributed by atoms with Crippen molar-refractivity contribution in [2.45, 2.75) is 30.1 Å². The molecule has 0 aliphatic carbocycles. The smallest absolute Gasteiger partial charge is 0.408 e. The highest BCUT2D eigenvalue weighted by Crippen LogP contribution is 2.35. The summed E-state index contributed by atoms with van der Waals surface area (Å²) >= 11 is 0. The number of nitrogens with one attached hydrogen (secondary N) is 3. The maximum atomic E-state index is 13.6. The molecule has 3 N–H and O–H groups in total. The number of hydrogen-bond acceptors (Lipinski definition) is 6. The van der Waals surface area contributed by atoms with Crippen LogP contribution in [-0.4, -0.2) is 73.6 Å². The maximum Gasteiger partial charge on any atom is 0.408 e. The van der Waals surface area contributed by atoms with E-state index < -0.39 is 68.5 Å². The minimum absolute atomic E-state index is 0.108. The zero-order valence-electron chi connectivity index (χ0n) is 20.3. The fourth-order valence-corrected chi connectivity index (χ4v) is 5.70. The molecule has 17 heteroatoms. The van der Waals surface area contributed by atoms with Gasteiger partial charge in [-0.3, -0.25) is 14.4 Å². The van der Waals surface area contributed by atoms with Crippen molar-refractivity contribution in [1.29, 1.82) is 0 Å². The predicted molar refractivity (Wildman–Crippen MR) is 123 cm³/mol. The third kappa shape index (κ3) is 5.68. The van der Waals surface area contributed by atoms with Gasteiger partial charge in [-0.1, -0.05) is 0 Å². The van der Waals surface area contributed by atoms with E-state index in [2.05, 4.69) is 10.0 Å². The van der Waals surface area contributed by atoms with Crippen LogP contribution in [0.1, 0.15) is 17.4 Å². The molecule has 4 rings (SSSR count). The molecule has 2 aliphatic heterocycles. The molecule has 212 valence electrons. The quantitative estimate of drug-likeness (QED) is 0.368. The number of anilines is 1. The van der Waals surface area contributed by atoms with Crippen molar-refractivity contribution in [3.63, 3.8) is 0 Å². The first-order valence-corrected chi connectivity index (χ1v) is 12.8. The molecule has 3 heterocycles. The van der Waals surface area contributed by atoms with E-state index in [0.29, 0.717) is 6.92 Å². The number of likely N-dealkylation sites (tertiary alicyclic amines) is 1. The summed E-state index contributed by atoms with van der Waals surface area (Å²) < 4.78 is 101. The van der Waals surface area contributed by atoms with Gasteiger partial charge in [-0.25, -0.2) is 21.9 Å². The molecule has 2 aliphatic rings. The van der Waals surface area contributed by atoms with Crippen LogP contribution in [0.25, 0.3) is 0 Å². The van der Waals surface area contributed by atoms with Gasteiger partial charge in [0.25, 0.3) is 5.91 Å². The molecule has 1 fully saturated rings. The zero-order valence-corrected chi connectivity index (χ0v) is 21.1. The lowest BCUT2D eigenvalue weighted by Crippen LogP contribution is -2.50. The molecular formula is C22H22F5N5O6S. The van der Waals surface area contributed by atoms with Gasteiger partial charge in [0, 0.05) is 50.0 Å². The normalized spacial score (nSPS) is 21.1. The highest BCUT2D eigenvalue weighted by molar-refractivity contribution is 7.89. The Bertz CT molecular complexity index is 1440. The van der Waals surface area contributed by atoms with Crippen LogP contribution in [0.4, 0.5) is 27.6 Å². The van der Waals surface area contributed by atoms with E-state index >= 15 is 0 Å². The van der Waals surface area contributed by atoms with E-state index in [1.165, 1.54) is 11.6 Å². The molecule has 0 radical (unpaired) electrons. The summed E-state index contributed by atoms with van der Waals surface area (Å²) in [6.45, 7) is -0.104. The highest BCUT2D eigenvalue weighted by atomic mass is 32.2. The van der Waals surface area contributed by atoms with Gasteiger partial charge in [0.1, 0.15) is 10.9 Å². The number of fused-ring (bicyclic) bond motifs is 2. The number of hydrogen-bond donors (Lipinski definition) is 3. The number of rotatable bonds is 3. The molecule has 1 aromatic carbocycles. The average Bonchev–Trinajstić information content (AvgIpc) is 3.38. The van der Waals surface area contributed by atoms with Crippen LogP contribution in [0.15, 0.2) is 29.3 Å². The van der Waals surface area contributed by atoms with Gasteiger partial charge in [-0.15, -0.1) is 0 Å². The lowest BCUT2D eigenvalue weighted by atomic mass is 10.1. The number of halogens is 5. The Morgan fingerprint density at radius 2 is 1.85 bits per heavy atom. The van der Waals surface area contributed by atoms with E-state index in [4.69, 9.17) is 4.74 Å². The van der Waals surface area contributed by atoms with Crippen molar-refractivity contribution in [3.8, 4) is 5.75 Å². The molecule has 1 aromatic heterocycles. The number of sulfonamides is 1. The number of ether oxygens (including phenoxy) is 1. The maximum absolute atomic E-state index is 13.6. The second kappa shape index (κ2) is 10.1. The summed E-state index contributed by atoms with van der Waals surface area (Å²) in [7, 11) is -2.99. The number of nitrogens with zero attached hydrogens (tertiary/aromatic N) is 2. The van der Waals surface area contributed by atoms with Gasteiger partial charge in [-0.2, -0.15) is 13.2 Å². The van der Waals surface area contributed by atoms with Gasteiger partial charge in [-0.05, 0) is 19.1 Å². The summed E-state index contributed by atoms with van der Waals surface area (Å²) in [5.41, 5.74) is -0.367. The van der Waals surface area contributed by atoms with Crippen molar-refractivity contribution in [3.05, 3.63) is 41.7 Å². The first-order valence-electron chi connectivity index (χ1n) is 11.4. The van der Waals surface area contributed by atoms with E-state index in [0.717, 1.165) is 29.3 Å². The first-order chi connectivity index (χ1) is 18.1. The molecule has 0 bridgehead atoms. The number of aromatic nitrogens is 1. The van der Waals surface area contributed by atoms with Gasteiger partial charge in [0.15, 0.2) is 23.1 Å². The van der Waals surface area contributed by atoms with Crippen LogP contribution in [-0.2, 0) is 26.7 Å². The molecule has 3 amide bonds. The van der Waals surface area contributed by atoms with Crippen LogP contribution in [0.2, 0.25) is 0 Å². The molecule has 2 aromatic rings. The number of carbonyl (C=O) groups is 3. The molecule has 1 saturated heterocycles. The van der Waals surface area contributed by atoms with Crippen LogP contribution in [0, 0.1) is 17.6 Å². The Kier molecular flexibility index (Phi) is 7.33. The summed E-state index contributed by atoms with van der Waals surface area (Å²) in [5, 5.41) is 3.90. The largest absolute Gasteiger partial charge is 0.489 e. The fourth-order valence-electron chi connectivity index (χ4n) is 4.21. The van der Waals surface area contributed by atoms with Gasteiger partial charge in [0.2, 0.25) is 10.0 Å². The third-order valence-corrected chi connectivity index (χ3v) is 7.78. The Labute approximate surface area is 218 Å². The Morgan fingerprint density at radius 1 is 1.15 bits per heavy atom. The van der Waals surface area contributed by atoms with E-state index in [-0.39, 0.29) is 36.8 Å². The van der Waals surface area contributed by atoms with Crippen LogP contribution >= 0.6 is 0 Å². The minimum atomic E-state index is -4.77. The van der Waals surface area contributed by atoms with Gasteiger partial charge >= 0.3 is 18.0 Å². The Morgan fingerprint density at radius 3 is 2.49 bits per heavy atom. The predicted octanol–water partition coefficient (Wildman–Crippen LogP) is 1.12. The lowest BCUT2D eigenvalue weighted by Gasteiger charge is -2.23. The van der Waals surface area contributed by atoms with Crippen molar-refractivity contribution >= 4 is 33.4 Å². The lowest BCUT2D eigenvalue weighted by molar-refractivity contribution is -0.162. The Hall–Kier alpha value is -3.73. The third-order valence-electron chi connectivity index (χ3n) is 6.29. The number of aryl methyl sites for hydroxylation is 1. The topological polar surface area (TPSA) is 139 Å². The first kappa shape index (κ1) is 28.3. The van der Waals surface area contributed by atoms with Crippen molar-refractivity contribution < 1.29 is 49.5 Å². The van der Waals surface area contributed by atoms with Crippen LogP contribution in [0.3, 0.4) is 0 Å². The van der Waals surface area contributed by atoms with Crippen LogP contribution < -0.4 is 20.1 Å². The van der Waals surface area contributed by atoms with E-state index in [9.17, 15) is 44.8 Å². The van der Waals surface area contributed by atoms with Crippen molar-refractivity contribution in [2.24, 2.45) is 13.0 Å². The molecule has 39 heavy (non-hydrogen) atoms. The summed E-state index contributed by atoms with van der Waals surface area (Å²) in [5.74, 6) is -7.10. The Balaban J connectivity index is 1.54. The van der Waals surface area contributed by atoms with Crippen molar-refractivity contribution in [1.82, 2.24) is 19.5 Å². The standard InChI is InChI=1S/C22H22F5N5O6S/c1-10(22(25,26)27)28-20(34)21(35)32-6-11-9-38-18-16(39(36,37)30-15(11)7-32)8-31(2)17(18)19(33)29-12-3-4-13(23)14(24)5-12/h3-5,8,10-11,15,30H,6-7,9H2,1-2H3,(H,28,34)(H,29,33)/t10-,11+,15+/m1/s1. The number of carbonyl (C=O) groups excluding carboxylic acids is 3.